The third-order valence-corrected chi connectivity index (χ3v) is 1.47. The first kappa shape index (κ1) is 7.67. The van der Waals surface area contributed by atoms with Crippen LogP contribution >= 0.6 is 0 Å². The maximum atomic E-state index is 12.8. The number of hydrogen-bond acceptors (Lipinski definition) is 1. The van der Waals surface area contributed by atoms with Crippen molar-refractivity contribution in [2.24, 2.45) is 0 Å². The zero-order valence-electron chi connectivity index (χ0n) is 6.21. The minimum Gasteiger partial charge on any atom is -0.199 e. The molecule has 0 saturated heterocycles. The summed E-state index contributed by atoms with van der Waals surface area (Å²) in [4.78, 5) is 0. The Morgan fingerprint density at radius 2 is 2.45 bits per heavy atom. The molecule has 3 heteroatoms. The van der Waals surface area contributed by atoms with E-state index in [2.05, 4.69) is 0 Å². The Hall–Kier alpha value is -1.43. The Labute approximate surface area is 64.5 Å². The number of pyridine rings is 1. The third kappa shape index (κ3) is 1.35. The normalized spacial score (nSPS) is 9.18. The molecule has 0 amide bonds. The van der Waals surface area contributed by atoms with Gasteiger partial charge in [-0.1, -0.05) is 0 Å². The summed E-state index contributed by atoms with van der Waals surface area (Å²) >= 11 is 0. The van der Waals surface area contributed by atoms with E-state index in [-0.39, 0.29) is 5.69 Å². The monoisotopic (exact) mass is 151 g/mol. The fourth-order valence-electron chi connectivity index (χ4n) is 0.903. The molecule has 0 aromatic carbocycles. The van der Waals surface area contributed by atoms with Gasteiger partial charge in [-0.3, -0.25) is 0 Å². The first-order chi connectivity index (χ1) is 5.29. The number of nitrogens with zero attached hydrogens (tertiary/aromatic N) is 2. The quantitative estimate of drug-likeness (QED) is 0.550. The van der Waals surface area contributed by atoms with Crippen molar-refractivity contribution >= 4 is 0 Å². The van der Waals surface area contributed by atoms with Crippen LogP contribution in [0.25, 0.3) is 0 Å². The van der Waals surface area contributed by atoms with Gasteiger partial charge in [-0.25, -0.2) is 0 Å². The molecule has 0 atom stereocenters. The third-order valence-electron chi connectivity index (χ3n) is 1.47. The molecule has 1 rings (SSSR count). The number of hydrogen-bond donors (Lipinski definition) is 0. The van der Waals surface area contributed by atoms with Crippen molar-refractivity contribution in [2.75, 3.05) is 0 Å². The van der Waals surface area contributed by atoms with Gasteiger partial charge in [0.2, 0.25) is 5.82 Å². The van der Waals surface area contributed by atoms with Crippen LogP contribution in [0.15, 0.2) is 18.3 Å². The molecule has 0 spiro atoms. The summed E-state index contributed by atoms with van der Waals surface area (Å²) in [5.41, 5.74) is 0.0926. The second kappa shape index (κ2) is 3.11. The van der Waals surface area contributed by atoms with Gasteiger partial charge in [-0.15, -0.1) is 0 Å². The fraction of sp³-hybridized carbons (Fsp3) is 0.250. The average Bonchev–Trinajstić information content (AvgIpc) is 2.04. The van der Waals surface area contributed by atoms with Crippen LogP contribution in [-0.2, 0) is 6.54 Å². The summed E-state index contributed by atoms with van der Waals surface area (Å²) in [5.74, 6) is -0.461. The molecule has 2 nitrogen and oxygen atoms in total. The number of nitriles is 1. The standard InChI is InChI=1S/C8H8FN2/c1-2-11-5-3-4-7(9)8(11)6-10/h3-5H,2H2,1H3/q+1. The number of halogens is 1. The van der Waals surface area contributed by atoms with E-state index >= 15 is 0 Å². The molecular weight excluding hydrogens is 143 g/mol. The van der Waals surface area contributed by atoms with E-state index in [1.54, 1.807) is 22.9 Å². The minimum absolute atomic E-state index is 0.0926. The van der Waals surface area contributed by atoms with Gasteiger partial charge in [-0.05, 0) is 13.0 Å². The Morgan fingerprint density at radius 1 is 1.73 bits per heavy atom. The molecule has 0 aliphatic rings. The number of rotatable bonds is 1. The minimum atomic E-state index is -0.461. The van der Waals surface area contributed by atoms with Crippen molar-refractivity contribution in [1.82, 2.24) is 0 Å². The predicted molar refractivity (Wildman–Crippen MR) is 37.0 cm³/mol. The zero-order valence-corrected chi connectivity index (χ0v) is 6.21. The van der Waals surface area contributed by atoms with E-state index in [9.17, 15) is 4.39 Å². The van der Waals surface area contributed by atoms with E-state index < -0.39 is 5.82 Å². The Morgan fingerprint density at radius 3 is 2.91 bits per heavy atom. The maximum Gasteiger partial charge on any atom is 0.319 e. The Kier molecular flexibility index (Phi) is 2.17. The van der Waals surface area contributed by atoms with Crippen LogP contribution < -0.4 is 4.57 Å². The second-order valence-electron chi connectivity index (χ2n) is 2.10. The summed E-state index contributed by atoms with van der Waals surface area (Å²) in [6, 6.07) is 4.67. The van der Waals surface area contributed by atoms with Gasteiger partial charge < -0.3 is 0 Å². The van der Waals surface area contributed by atoms with E-state index in [1.807, 2.05) is 6.92 Å². The summed E-state index contributed by atoms with van der Waals surface area (Å²) in [6.07, 6.45) is 1.68. The molecular formula is C8H8FN2+. The largest absolute Gasteiger partial charge is 0.319 e. The van der Waals surface area contributed by atoms with E-state index in [0.717, 1.165) is 0 Å². The zero-order chi connectivity index (χ0) is 8.27. The van der Waals surface area contributed by atoms with Gasteiger partial charge in [0.15, 0.2) is 12.3 Å². The number of aromatic nitrogens is 1. The Bertz CT molecular complexity index is 301. The smallest absolute Gasteiger partial charge is 0.199 e. The SMILES string of the molecule is CC[n+]1cccc(F)c1C#N. The topological polar surface area (TPSA) is 27.7 Å². The van der Waals surface area contributed by atoms with E-state index in [4.69, 9.17) is 5.26 Å². The maximum absolute atomic E-state index is 12.8. The molecule has 0 radical (unpaired) electrons. The van der Waals surface area contributed by atoms with Crippen LogP contribution in [0.4, 0.5) is 4.39 Å². The fourth-order valence-corrected chi connectivity index (χ4v) is 0.903. The van der Waals surface area contributed by atoms with E-state index in [0.29, 0.717) is 6.54 Å². The van der Waals surface area contributed by atoms with Crippen molar-refractivity contribution in [1.29, 1.82) is 5.26 Å². The molecule has 1 aromatic rings. The second-order valence-corrected chi connectivity index (χ2v) is 2.10. The van der Waals surface area contributed by atoms with Gasteiger partial charge in [0, 0.05) is 6.07 Å². The average molecular weight is 151 g/mol. The van der Waals surface area contributed by atoms with Crippen LogP contribution in [0.5, 0.6) is 0 Å². The lowest BCUT2D eigenvalue weighted by Crippen LogP contribution is -2.36. The van der Waals surface area contributed by atoms with Gasteiger partial charge in [0.1, 0.15) is 6.54 Å². The molecule has 11 heavy (non-hydrogen) atoms. The molecule has 0 aliphatic carbocycles. The molecule has 0 bridgehead atoms. The highest BCUT2D eigenvalue weighted by molar-refractivity contribution is 5.15. The lowest BCUT2D eigenvalue weighted by molar-refractivity contribution is -0.697. The van der Waals surface area contributed by atoms with Crippen molar-refractivity contribution in [3.8, 4) is 6.07 Å². The van der Waals surface area contributed by atoms with Gasteiger partial charge in [-0.2, -0.15) is 14.2 Å². The lowest BCUT2D eigenvalue weighted by atomic mass is 10.3. The first-order valence-electron chi connectivity index (χ1n) is 3.37. The van der Waals surface area contributed by atoms with Crippen molar-refractivity contribution in [2.45, 2.75) is 13.5 Å². The summed E-state index contributed by atoms with van der Waals surface area (Å²) in [5, 5.41) is 8.52. The van der Waals surface area contributed by atoms with Crippen molar-refractivity contribution in [3.05, 3.63) is 29.8 Å². The van der Waals surface area contributed by atoms with Crippen molar-refractivity contribution in [3.63, 3.8) is 0 Å². The van der Waals surface area contributed by atoms with Gasteiger partial charge in [0.05, 0.1) is 0 Å². The van der Waals surface area contributed by atoms with Crippen LogP contribution in [0, 0.1) is 17.1 Å². The van der Waals surface area contributed by atoms with Gasteiger partial charge >= 0.3 is 5.69 Å². The molecule has 1 aromatic heterocycles. The van der Waals surface area contributed by atoms with Crippen LogP contribution in [0.2, 0.25) is 0 Å². The molecule has 56 valence electrons. The summed E-state index contributed by atoms with van der Waals surface area (Å²) in [7, 11) is 0. The lowest BCUT2D eigenvalue weighted by Gasteiger charge is -1.93. The molecule has 0 unspecified atom stereocenters. The van der Waals surface area contributed by atoms with Crippen LogP contribution in [-0.4, -0.2) is 0 Å². The molecule has 0 N–H and O–H groups in total. The highest BCUT2D eigenvalue weighted by Gasteiger charge is 2.12. The molecule has 0 saturated carbocycles. The summed E-state index contributed by atoms with van der Waals surface area (Å²) < 4.78 is 14.4. The number of aryl methyl sites for hydroxylation is 1. The molecule has 0 fully saturated rings. The molecule has 1 heterocycles. The molecule has 0 aliphatic heterocycles. The predicted octanol–water partition coefficient (Wildman–Crippen LogP) is 1.00. The highest BCUT2D eigenvalue weighted by Crippen LogP contribution is 1.97. The summed E-state index contributed by atoms with van der Waals surface area (Å²) in [6.45, 7) is 2.47. The first-order valence-corrected chi connectivity index (χ1v) is 3.37. The van der Waals surface area contributed by atoms with Crippen LogP contribution in [0.3, 0.4) is 0 Å². The van der Waals surface area contributed by atoms with Crippen molar-refractivity contribution < 1.29 is 8.96 Å². The van der Waals surface area contributed by atoms with Gasteiger partial charge in [0.25, 0.3) is 0 Å². The van der Waals surface area contributed by atoms with E-state index in [1.165, 1.54) is 6.07 Å². The Balaban J connectivity index is 3.27. The highest BCUT2D eigenvalue weighted by atomic mass is 19.1. The van der Waals surface area contributed by atoms with Crippen LogP contribution in [0.1, 0.15) is 12.6 Å².